The number of hydrogen-bond donors (Lipinski definition) is 3. The van der Waals surface area contributed by atoms with Crippen molar-refractivity contribution in [2.45, 2.75) is 37.3 Å². The van der Waals surface area contributed by atoms with Gasteiger partial charge in [0.2, 0.25) is 0 Å². The topological polar surface area (TPSA) is 58.3 Å². The van der Waals surface area contributed by atoms with Crippen molar-refractivity contribution in [2.75, 3.05) is 13.1 Å². The summed E-state index contributed by atoms with van der Waals surface area (Å²) in [5.74, 6) is 0.641. The summed E-state index contributed by atoms with van der Waals surface area (Å²) in [4.78, 5) is 0. The second kappa shape index (κ2) is 2.98. The highest BCUT2D eigenvalue weighted by molar-refractivity contribution is 5.03. The van der Waals surface area contributed by atoms with Gasteiger partial charge >= 0.3 is 0 Å². The molecule has 1 aliphatic carbocycles. The predicted octanol–water partition coefficient (Wildman–Crippen LogP) is -0.162. The van der Waals surface area contributed by atoms with E-state index < -0.39 is 0 Å². The second-order valence-corrected chi connectivity index (χ2v) is 4.32. The van der Waals surface area contributed by atoms with Crippen LogP contribution in [-0.2, 0) is 0 Å². The van der Waals surface area contributed by atoms with Crippen molar-refractivity contribution in [2.24, 2.45) is 11.7 Å². The highest BCUT2D eigenvalue weighted by Crippen LogP contribution is 2.39. The van der Waals surface area contributed by atoms with Gasteiger partial charge < -0.3 is 16.2 Å². The summed E-state index contributed by atoms with van der Waals surface area (Å²) in [7, 11) is 0. The second-order valence-electron chi connectivity index (χ2n) is 4.32. The molecular weight excluding hydrogens is 152 g/mol. The SMILES string of the molecule is NC1(C2CCNCC2)CC(O)C1. The first kappa shape index (κ1) is 8.48. The van der Waals surface area contributed by atoms with Crippen molar-refractivity contribution in [3.8, 4) is 0 Å². The Hall–Kier alpha value is -0.120. The van der Waals surface area contributed by atoms with Crippen LogP contribution in [0.2, 0.25) is 0 Å². The van der Waals surface area contributed by atoms with Gasteiger partial charge in [0.15, 0.2) is 0 Å². The molecule has 0 aromatic carbocycles. The van der Waals surface area contributed by atoms with Crippen molar-refractivity contribution < 1.29 is 5.11 Å². The number of hydrogen-bond acceptors (Lipinski definition) is 3. The summed E-state index contributed by atoms with van der Waals surface area (Å²) >= 11 is 0. The van der Waals surface area contributed by atoms with E-state index in [2.05, 4.69) is 5.32 Å². The molecule has 1 heterocycles. The summed E-state index contributed by atoms with van der Waals surface area (Å²) in [5, 5.41) is 12.5. The van der Waals surface area contributed by atoms with Crippen LogP contribution in [0.4, 0.5) is 0 Å². The molecule has 4 N–H and O–H groups in total. The van der Waals surface area contributed by atoms with Crippen molar-refractivity contribution in [1.29, 1.82) is 0 Å². The van der Waals surface area contributed by atoms with Crippen LogP contribution in [0.3, 0.4) is 0 Å². The maximum Gasteiger partial charge on any atom is 0.0575 e. The molecule has 2 fully saturated rings. The molecule has 0 atom stereocenters. The van der Waals surface area contributed by atoms with Crippen LogP contribution in [0, 0.1) is 5.92 Å². The molecule has 0 spiro atoms. The summed E-state index contributed by atoms with van der Waals surface area (Å²) in [6.07, 6.45) is 3.88. The molecule has 1 saturated carbocycles. The van der Waals surface area contributed by atoms with Gasteiger partial charge in [-0.3, -0.25) is 0 Å². The lowest BCUT2D eigenvalue weighted by Gasteiger charge is -2.49. The van der Waals surface area contributed by atoms with Gasteiger partial charge in [-0.25, -0.2) is 0 Å². The molecule has 3 heteroatoms. The lowest BCUT2D eigenvalue weighted by atomic mass is 9.64. The third kappa shape index (κ3) is 1.37. The summed E-state index contributed by atoms with van der Waals surface area (Å²) in [6, 6.07) is 0. The lowest BCUT2D eigenvalue weighted by Crippen LogP contribution is -2.61. The van der Waals surface area contributed by atoms with Gasteiger partial charge in [-0.2, -0.15) is 0 Å². The summed E-state index contributed by atoms with van der Waals surface area (Å²) < 4.78 is 0. The average molecular weight is 170 g/mol. The summed E-state index contributed by atoms with van der Waals surface area (Å²) in [6.45, 7) is 2.19. The Morgan fingerprint density at radius 1 is 1.25 bits per heavy atom. The minimum atomic E-state index is -0.120. The van der Waals surface area contributed by atoms with Crippen molar-refractivity contribution in [1.82, 2.24) is 5.32 Å². The molecule has 2 aliphatic rings. The normalized spacial score (nSPS) is 44.0. The van der Waals surface area contributed by atoms with Gasteiger partial charge in [0.1, 0.15) is 0 Å². The highest BCUT2D eigenvalue weighted by Gasteiger charge is 2.45. The number of rotatable bonds is 1. The fraction of sp³-hybridized carbons (Fsp3) is 1.00. The molecule has 0 radical (unpaired) electrons. The molecule has 3 nitrogen and oxygen atoms in total. The average Bonchev–Trinajstić information content (AvgIpc) is 2.04. The van der Waals surface area contributed by atoms with Crippen LogP contribution in [0.25, 0.3) is 0 Å². The van der Waals surface area contributed by atoms with E-state index in [9.17, 15) is 5.11 Å². The maximum atomic E-state index is 9.22. The van der Waals surface area contributed by atoms with Crippen LogP contribution in [0.1, 0.15) is 25.7 Å². The van der Waals surface area contributed by atoms with Gasteiger partial charge in [0.05, 0.1) is 6.10 Å². The van der Waals surface area contributed by atoms with Crippen molar-refractivity contribution >= 4 is 0 Å². The fourth-order valence-electron chi connectivity index (χ4n) is 2.55. The molecule has 1 aliphatic heterocycles. The number of aliphatic hydroxyl groups excluding tert-OH is 1. The van der Waals surface area contributed by atoms with Crippen LogP contribution < -0.4 is 11.1 Å². The molecule has 0 amide bonds. The first-order valence-electron chi connectivity index (χ1n) is 4.88. The molecule has 12 heavy (non-hydrogen) atoms. The fourth-order valence-corrected chi connectivity index (χ4v) is 2.55. The van der Waals surface area contributed by atoms with Gasteiger partial charge in [-0.1, -0.05) is 0 Å². The zero-order valence-electron chi connectivity index (χ0n) is 7.42. The molecular formula is C9H18N2O. The Morgan fingerprint density at radius 3 is 2.33 bits per heavy atom. The Balaban J connectivity index is 1.90. The molecule has 70 valence electrons. The number of nitrogens with one attached hydrogen (secondary N) is 1. The number of nitrogens with two attached hydrogens (primary N) is 1. The van der Waals surface area contributed by atoms with Gasteiger partial charge in [-0.15, -0.1) is 0 Å². The third-order valence-corrected chi connectivity index (χ3v) is 3.38. The van der Waals surface area contributed by atoms with E-state index >= 15 is 0 Å². The van der Waals surface area contributed by atoms with E-state index in [1.165, 1.54) is 12.8 Å². The number of piperidine rings is 1. The quantitative estimate of drug-likeness (QED) is 0.512. The van der Waals surface area contributed by atoms with Crippen LogP contribution in [0.5, 0.6) is 0 Å². The van der Waals surface area contributed by atoms with Crippen molar-refractivity contribution in [3.05, 3.63) is 0 Å². The largest absolute Gasteiger partial charge is 0.393 e. The first-order chi connectivity index (χ1) is 5.71. The predicted molar refractivity (Wildman–Crippen MR) is 47.8 cm³/mol. The Bertz CT molecular complexity index is 160. The lowest BCUT2D eigenvalue weighted by molar-refractivity contribution is -0.0158. The zero-order chi connectivity index (χ0) is 8.60. The molecule has 0 aromatic rings. The molecule has 0 bridgehead atoms. The van der Waals surface area contributed by atoms with Gasteiger partial charge in [-0.05, 0) is 44.7 Å². The third-order valence-electron chi connectivity index (χ3n) is 3.38. The Morgan fingerprint density at radius 2 is 1.83 bits per heavy atom. The van der Waals surface area contributed by atoms with E-state index in [1.54, 1.807) is 0 Å². The first-order valence-corrected chi connectivity index (χ1v) is 4.88. The van der Waals surface area contributed by atoms with Crippen LogP contribution in [0.15, 0.2) is 0 Å². The number of aliphatic hydroxyl groups is 1. The van der Waals surface area contributed by atoms with E-state index in [-0.39, 0.29) is 11.6 Å². The molecule has 1 saturated heterocycles. The zero-order valence-corrected chi connectivity index (χ0v) is 7.42. The van der Waals surface area contributed by atoms with E-state index in [1.807, 2.05) is 0 Å². The maximum absolute atomic E-state index is 9.22. The molecule has 2 rings (SSSR count). The Kier molecular flexibility index (Phi) is 2.10. The minimum Gasteiger partial charge on any atom is -0.393 e. The Labute approximate surface area is 73.3 Å². The molecule has 0 unspecified atom stereocenters. The van der Waals surface area contributed by atoms with Crippen LogP contribution in [-0.4, -0.2) is 29.8 Å². The van der Waals surface area contributed by atoms with E-state index in [4.69, 9.17) is 5.73 Å². The summed E-state index contributed by atoms with van der Waals surface area (Å²) in [5.41, 5.74) is 6.15. The standard InChI is InChI=1S/C9H18N2O/c10-9(5-8(12)6-9)7-1-3-11-4-2-7/h7-8,11-12H,1-6,10H2. The smallest absolute Gasteiger partial charge is 0.0575 e. The van der Waals surface area contributed by atoms with Crippen LogP contribution >= 0.6 is 0 Å². The van der Waals surface area contributed by atoms with Gasteiger partial charge in [0.25, 0.3) is 0 Å². The monoisotopic (exact) mass is 170 g/mol. The minimum absolute atomic E-state index is 0.0263. The van der Waals surface area contributed by atoms with E-state index in [0.717, 1.165) is 25.9 Å². The van der Waals surface area contributed by atoms with E-state index in [0.29, 0.717) is 5.92 Å². The van der Waals surface area contributed by atoms with Gasteiger partial charge in [0, 0.05) is 5.54 Å². The highest BCUT2D eigenvalue weighted by atomic mass is 16.3. The molecule has 0 aromatic heterocycles. The van der Waals surface area contributed by atoms with Crippen molar-refractivity contribution in [3.63, 3.8) is 0 Å².